The van der Waals surface area contributed by atoms with Gasteiger partial charge in [0, 0.05) is 38.7 Å². The molecule has 1 aliphatic heterocycles. The quantitative estimate of drug-likeness (QED) is 0.689. The van der Waals surface area contributed by atoms with Crippen LogP contribution in [0.4, 0.5) is 0 Å². The topological polar surface area (TPSA) is 32.8 Å². The zero-order chi connectivity index (χ0) is 19.1. The number of likely N-dealkylation sites (tertiary alicyclic amines) is 1. The number of rotatable bonds is 8. The van der Waals surface area contributed by atoms with Crippen LogP contribution in [0.1, 0.15) is 34.3 Å². The SMILES string of the molecule is COCCN(C)Cc1ccc(CC2CCN(C(=O)c3ccsc3)CC2)cc1. The number of methoxy groups -OCH3 is 1. The molecule has 146 valence electrons. The van der Waals surface area contributed by atoms with Crippen LogP contribution >= 0.6 is 11.3 Å². The van der Waals surface area contributed by atoms with Crippen LogP contribution < -0.4 is 0 Å². The van der Waals surface area contributed by atoms with Gasteiger partial charge in [-0.25, -0.2) is 0 Å². The molecule has 0 aliphatic carbocycles. The minimum atomic E-state index is 0.191. The summed E-state index contributed by atoms with van der Waals surface area (Å²) < 4.78 is 5.13. The number of piperidine rings is 1. The number of benzene rings is 1. The number of carbonyl (C=O) groups excluding carboxylic acids is 1. The van der Waals surface area contributed by atoms with Gasteiger partial charge in [-0.05, 0) is 54.8 Å². The molecule has 4 nitrogen and oxygen atoms in total. The predicted octanol–water partition coefficient (Wildman–Crippen LogP) is 3.92. The number of likely N-dealkylation sites (N-methyl/N-ethyl adjacent to an activating group) is 1. The van der Waals surface area contributed by atoms with Crippen molar-refractivity contribution in [3.63, 3.8) is 0 Å². The zero-order valence-corrected chi connectivity index (χ0v) is 17.2. The molecule has 0 radical (unpaired) electrons. The molecule has 5 heteroatoms. The number of hydrogen-bond acceptors (Lipinski definition) is 4. The number of amides is 1. The van der Waals surface area contributed by atoms with E-state index in [1.807, 2.05) is 21.7 Å². The van der Waals surface area contributed by atoms with Crippen LogP contribution in [0.2, 0.25) is 0 Å². The van der Waals surface area contributed by atoms with Gasteiger partial charge in [0.2, 0.25) is 0 Å². The maximum Gasteiger partial charge on any atom is 0.254 e. The van der Waals surface area contributed by atoms with E-state index in [-0.39, 0.29) is 5.91 Å². The summed E-state index contributed by atoms with van der Waals surface area (Å²) in [6.45, 7) is 4.42. The number of carbonyl (C=O) groups is 1. The average molecular weight is 387 g/mol. The molecule has 1 amide bonds. The molecule has 1 aromatic carbocycles. The molecule has 1 aromatic heterocycles. The van der Waals surface area contributed by atoms with Gasteiger partial charge < -0.3 is 9.64 Å². The summed E-state index contributed by atoms with van der Waals surface area (Å²) in [5.74, 6) is 0.864. The Kier molecular flexibility index (Phi) is 7.44. The van der Waals surface area contributed by atoms with Crippen molar-refractivity contribution in [1.82, 2.24) is 9.80 Å². The van der Waals surface area contributed by atoms with E-state index in [0.29, 0.717) is 5.92 Å². The molecule has 1 fully saturated rings. The summed E-state index contributed by atoms with van der Waals surface area (Å²) in [5.41, 5.74) is 3.58. The molecular formula is C22H30N2O2S. The average Bonchev–Trinajstić information content (AvgIpc) is 3.23. The lowest BCUT2D eigenvalue weighted by molar-refractivity contribution is 0.0691. The summed E-state index contributed by atoms with van der Waals surface area (Å²) in [4.78, 5) is 16.7. The largest absolute Gasteiger partial charge is 0.383 e. The van der Waals surface area contributed by atoms with E-state index >= 15 is 0 Å². The van der Waals surface area contributed by atoms with Gasteiger partial charge in [-0.15, -0.1) is 0 Å². The maximum atomic E-state index is 12.4. The van der Waals surface area contributed by atoms with E-state index in [1.54, 1.807) is 18.4 Å². The zero-order valence-electron chi connectivity index (χ0n) is 16.4. The molecule has 27 heavy (non-hydrogen) atoms. The van der Waals surface area contributed by atoms with Gasteiger partial charge in [-0.2, -0.15) is 11.3 Å². The molecule has 1 saturated heterocycles. The first kappa shape index (κ1) is 20.1. The van der Waals surface area contributed by atoms with Gasteiger partial charge in [0.15, 0.2) is 0 Å². The lowest BCUT2D eigenvalue weighted by atomic mass is 9.89. The number of nitrogens with zero attached hydrogens (tertiary/aromatic N) is 2. The fourth-order valence-corrected chi connectivity index (χ4v) is 4.29. The first-order valence-electron chi connectivity index (χ1n) is 9.72. The van der Waals surface area contributed by atoms with Crippen molar-refractivity contribution in [3.05, 3.63) is 57.8 Å². The fourth-order valence-electron chi connectivity index (χ4n) is 3.66. The second kappa shape index (κ2) is 10.0. The maximum absolute atomic E-state index is 12.4. The Morgan fingerprint density at radius 1 is 1.19 bits per heavy atom. The minimum absolute atomic E-state index is 0.191. The van der Waals surface area contributed by atoms with E-state index < -0.39 is 0 Å². The van der Waals surface area contributed by atoms with Gasteiger partial charge in [0.25, 0.3) is 5.91 Å². The lowest BCUT2D eigenvalue weighted by Crippen LogP contribution is -2.38. The molecule has 3 rings (SSSR count). The first-order chi connectivity index (χ1) is 13.2. The van der Waals surface area contributed by atoms with Crippen LogP contribution in [0.3, 0.4) is 0 Å². The Morgan fingerprint density at radius 2 is 1.89 bits per heavy atom. The van der Waals surface area contributed by atoms with Crippen molar-refractivity contribution in [2.24, 2.45) is 5.92 Å². The second-order valence-electron chi connectivity index (χ2n) is 7.50. The Bertz CT molecular complexity index is 692. The molecule has 0 atom stereocenters. The molecule has 0 bridgehead atoms. The smallest absolute Gasteiger partial charge is 0.254 e. The molecular weight excluding hydrogens is 356 g/mol. The van der Waals surface area contributed by atoms with Gasteiger partial charge in [0.05, 0.1) is 12.2 Å². The number of hydrogen-bond donors (Lipinski definition) is 0. The monoisotopic (exact) mass is 386 g/mol. The van der Waals surface area contributed by atoms with Crippen LogP contribution in [-0.4, -0.2) is 56.1 Å². The Morgan fingerprint density at radius 3 is 2.52 bits per heavy atom. The van der Waals surface area contributed by atoms with Crippen molar-refractivity contribution < 1.29 is 9.53 Å². The van der Waals surface area contributed by atoms with Gasteiger partial charge in [-0.3, -0.25) is 9.69 Å². The van der Waals surface area contributed by atoms with E-state index in [1.165, 1.54) is 11.1 Å². The first-order valence-corrected chi connectivity index (χ1v) is 10.7. The molecule has 0 spiro atoms. The third-order valence-electron chi connectivity index (χ3n) is 5.35. The third-order valence-corrected chi connectivity index (χ3v) is 6.03. The van der Waals surface area contributed by atoms with Gasteiger partial charge in [-0.1, -0.05) is 24.3 Å². The normalized spacial score (nSPS) is 15.4. The van der Waals surface area contributed by atoms with Crippen LogP contribution in [0, 0.1) is 5.92 Å². The Hall–Kier alpha value is -1.69. The Labute approximate surface area is 166 Å². The molecule has 0 unspecified atom stereocenters. The summed E-state index contributed by atoms with van der Waals surface area (Å²) in [7, 11) is 3.86. The number of thiophene rings is 1. The van der Waals surface area contributed by atoms with Crippen LogP contribution in [0.15, 0.2) is 41.1 Å². The minimum Gasteiger partial charge on any atom is -0.383 e. The highest BCUT2D eigenvalue weighted by atomic mass is 32.1. The van der Waals surface area contributed by atoms with E-state index in [9.17, 15) is 4.79 Å². The molecule has 0 saturated carbocycles. The third kappa shape index (κ3) is 5.89. The predicted molar refractivity (Wildman–Crippen MR) is 111 cm³/mol. The van der Waals surface area contributed by atoms with E-state index in [0.717, 1.165) is 57.6 Å². The summed E-state index contributed by atoms with van der Waals surface area (Å²) >= 11 is 1.59. The van der Waals surface area contributed by atoms with Gasteiger partial charge >= 0.3 is 0 Å². The van der Waals surface area contributed by atoms with E-state index in [2.05, 4.69) is 36.2 Å². The van der Waals surface area contributed by atoms with Crippen molar-refractivity contribution in [3.8, 4) is 0 Å². The summed E-state index contributed by atoms with van der Waals surface area (Å²) in [5, 5.41) is 3.92. The van der Waals surface area contributed by atoms with Crippen LogP contribution in [0.5, 0.6) is 0 Å². The summed E-state index contributed by atoms with van der Waals surface area (Å²) in [6, 6.07) is 10.9. The molecule has 0 N–H and O–H groups in total. The standard InChI is InChI=1S/C22H30N2O2S/c1-23(12-13-26-2)16-20-5-3-18(4-6-20)15-19-7-10-24(11-8-19)22(25)21-9-14-27-17-21/h3-6,9,14,17,19H,7-8,10-13,15-16H2,1-2H3. The number of ether oxygens (including phenoxy) is 1. The van der Waals surface area contributed by atoms with Crippen LogP contribution in [0.25, 0.3) is 0 Å². The van der Waals surface area contributed by atoms with Crippen molar-refractivity contribution in [1.29, 1.82) is 0 Å². The van der Waals surface area contributed by atoms with Crippen LogP contribution in [-0.2, 0) is 17.7 Å². The van der Waals surface area contributed by atoms with E-state index in [4.69, 9.17) is 4.74 Å². The van der Waals surface area contributed by atoms with Crippen molar-refractivity contribution in [2.75, 3.05) is 40.4 Å². The summed E-state index contributed by atoms with van der Waals surface area (Å²) in [6.07, 6.45) is 3.30. The van der Waals surface area contributed by atoms with Crippen molar-refractivity contribution >= 4 is 17.2 Å². The van der Waals surface area contributed by atoms with Crippen molar-refractivity contribution in [2.45, 2.75) is 25.8 Å². The lowest BCUT2D eigenvalue weighted by Gasteiger charge is -2.32. The highest BCUT2D eigenvalue weighted by Gasteiger charge is 2.23. The Balaban J connectivity index is 1.44. The molecule has 2 aromatic rings. The second-order valence-corrected chi connectivity index (χ2v) is 8.28. The van der Waals surface area contributed by atoms with Gasteiger partial charge in [0.1, 0.15) is 0 Å². The highest BCUT2D eigenvalue weighted by Crippen LogP contribution is 2.23. The highest BCUT2D eigenvalue weighted by molar-refractivity contribution is 7.08. The molecule has 1 aliphatic rings. The molecule has 2 heterocycles. The fraction of sp³-hybridized carbons (Fsp3) is 0.500.